The Hall–Kier alpha value is -2.63. The van der Waals surface area contributed by atoms with Crippen LogP contribution in [-0.4, -0.2) is 27.1 Å². The number of carbonyl (C=O) groups is 1. The van der Waals surface area contributed by atoms with Gasteiger partial charge in [-0.25, -0.2) is 9.97 Å². The third-order valence-electron chi connectivity index (χ3n) is 6.53. The fourth-order valence-corrected chi connectivity index (χ4v) is 4.47. The molecule has 0 aliphatic heterocycles. The van der Waals surface area contributed by atoms with Gasteiger partial charge in [-0.2, -0.15) is 0 Å². The summed E-state index contributed by atoms with van der Waals surface area (Å²) < 4.78 is 0. The summed E-state index contributed by atoms with van der Waals surface area (Å²) >= 11 is 0. The van der Waals surface area contributed by atoms with Gasteiger partial charge in [-0.05, 0) is 67.7 Å². The summed E-state index contributed by atoms with van der Waals surface area (Å²) in [7, 11) is 0. The highest BCUT2D eigenvalue weighted by Crippen LogP contribution is 2.34. The van der Waals surface area contributed by atoms with Crippen molar-refractivity contribution in [2.24, 2.45) is 5.92 Å². The lowest BCUT2D eigenvalue weighted by molar-refractivity contribution is -0.137. The van der Waals surface area contributed by atoms with E-state index in [1.54, 1.807) is 0 Å². The molecule has 1 unspecified atom stereocenters. The maximum absolute atomic E-state index is 11.3. The van der Waals surface area contributed by atoms with Gasteiger partial charge in [0, 0.05) is 18.4 Å². The van der Waals surface area contributed by atoms with E-state index in [0.717, 1.165) is 35.3 Å². The summed E-state index contributed by atoms with van der Waals surface area (Å²) in [4.78, 5) is 20.2. The standard InChI is InChI=1S/C25H36N4O2/c1-4-18-15-26-25(27-16-18)29-23-13-21(19(5-2)14-24(30)31)11-12-22(23)28-17(3)20-9-7-6-8-10-20/h11-13,15-17,19-20,28H,4-10,14H2,1-3H3,(H,30,31)(H,26,27,29)/t17-,19?/m1/s1. The van der Waals surface area contributed by atoms with E-state index in [0.29, 0.717) is 17.9 Å². The maximum atomic E-state index is 11.3. The van der Waals surface area contributed by atoms with E-state index >= 15 is 0 Å². The Morgan fingerprint density at radius 1 is 1.13 bits per heavy atom. The monoisotopic (exact) mass is 424 g/mol. The zero-order valence-corrected chi connectivity index (χ0v) is 19.0. The molecule has 31 heavy (non-hydrogen) atoms. The van der Waals surface area contributed by atoms with Crippen LogP contribution in [0.4, 0.5) is 17.3 Å². The Morgan fingerprint density at radius 2 is 1.84 bits per heavy atom. The number of carboxylic acid groups (broad SMARTS) is 1. The van der Waals surface area contributed by atoms with E-state index in [2.05, 4.69) is 52.6 Å². The highest BCUT2D eigenvalue weighted by Gasteiger charge is 2.22. The van der Waals surface area contributed by atoms with Crippen molar-refractivity contribution in [3.63, 3.8) is 0 Å². The minimum Gasteiger partial charge on any atom is -0.481 e. The van der Waals surface area contributed by atoms with Crippen molar-refractivity contribution in [3.05, 3.63) is 41.7 Å². The van der Waals surface area contributed by atoms with Crippen LogP contribution < -0.4 is 10.6 Å². The van der Waals surface area contributed by atoms with Crippen molar-refractivity contribution >= 4 is 23.3 Å². The first-order valence-electron chi connectivity index (χ1n) is 11.7. The van der Waals surface area contributed by atoms with Crippen LogP contribution in [-0.2, 0) is 11.2 Å². The molecular weight excluding hydrogens is 388 g/mol. The van der Waals surface area contributed by atoms with E-state index in [1.807, 2.05) is 19.3 Å². The van der Waals surface area contributed by atoms with Gasteiger partial charge in [0.05, 0.1) is 17.8 Å². The number of aryl methyl sites for hydroxylation is 1. The fraction of sp³-hybridized carbons (Fsp3) is 0.560. The van der Waals surface area contributed by atoms with Crippen LogP contribution >= 0.6 is 0 Å². The first kappa shape index (κ1) is 23.0. The van der Waals surface area contributed by atoms with Gasteiger partial charge in [0.2, 0.25) is 5.95 Å². The molecule has 0 saturated heterocycles. The first-order chi connectivity index (χ1) is 15.0. The largest absolute Gasteiger partial charge is 0.481 e. The summed E-state index contributed by atoms with van der Waals surface area (Å²) in [5, 5.41) is 16.4. The number of hydrogen-bond donors (Lipinski definition) is 3. The van der Waals surface area contributed by atoms with Gasteiger partial charge in [-0.15, -0.1) is 0 Å². The third-order valence-corrected chi connectivity index (χ3v) is 6.53. The number of nitrogens with zero attached hydrogens (tertiary/aromatic N) is 2. The molecule has 1 aromatic heterocycles. The number of anilines is 3. The molecule has 2 atom stereocenters. The number of hydrogen-bond acceptors (Lipinski definition) is 5. The quantitative estimate of drug-likeness (QED) is 0.425. The minimum absolute atomic E-state index is 0.0220. The second-order valence-corrected chi connectivity index (χ2v) is 8.73. The molecule has 1 aliphatic rings. The molecule has 1 aliphatic carbocycles. The lowest BCUT2D eigenvalue weighted by atomic mass is 9.84. The van der Waals surface area contributed by atoms with E-state index < -0.39 is 5.97 Å². The van der Waals surface area contributed by atoms with E-state index in [4.69, 9.17) is 0 Å². The van der Waals surface area contributed by atoms with Crippen LogP contribution in [0.1, 0.15) is 82.8 Å². The molecule has 1 aromatic carbocycles. The number of aromatic nitrogens is 2. The van der Waals surface area contributed by atoms with Crippen molar-refractivity contribution < 1.29 is 9.90 Å². The number of rotatable bonds is 10. The van der Waals surface area contributed by atoms with Gasteiger partial charge in [0.15, 0.2) is 0 Å². The Kier molecular flexibility index (Phi) is 8.27. The summed E-state index contributed by atoms with van der Waals surface area (Å²) in [6, 6.07) is 6.56. The van der Waals surface area contributed by atoms with E-state index in [9.17, 15) is 9.90 Å². The van der Waals surface area contributed by atoms with E-state index in [-0.39, 0.29) is 12.3 Å². The molecule has 1 heterocycles. The summed E-state index contributed by atoms with van der Waals surface area (Å²) in [5.41, 5.74) is 4.02. The Labute approximate surface area is 185 Å². The van der Waals surface area contributed by atoms with Gasteiger partial charge in [0.25, 0.3) is 0 Å². The predicted octanol–water partition coefficient (Wildman–Crippen LogP) is 6.13. The number of carboxylic acids is 1. The Morgan fingerprint density at radius 3 is 2.45 bits per heavy atom. The highest BCUT2D eigenvalue weighted by molar-refractivity contribution is 5.74. The van der Waals surface area contributed by atoms with Gasteiger partial charge >= 0.3 is 5.97 Å². The van der Waals surface area contributed by atoms with Crippen molar-refractivity contribution in [3.8, 4) is 0 Å². The number of benzene rings is 1. The molecule has 0 amide bonds. The zero-order valence-electron chi connectivity index (χ0n) is 19.0. The van der Waals surface area contributed by atoms with Gasteiger partial charge in [0.1, 0.15) is 0 Å². The molecular formula is C25H36N4O2. The van der Waals surface area contributed by atoms with Crippen molar-refractivity contribution in [1.29, 1.82) is 0 Å². The second-order valence-electron chi connectivity index (χ2n) is 8.73. The van der Waals surface area contributed by atoms with Crippen molar-refractivity contribution in [2.45, 2.75) is 84.1 Å². The number of nitrogens with one attached hydrogen (secondary N) is 2. The predicted molar refractivity (Wildman–Crippen MR) is 126 cm³/mol. The molecule has 168 valence electrons. The van der Waals surface area contributed by atoms with E-state index in [1.165, 1.54) is 32.1 Å². The molecule has 0 radical (unpaired) electrons. The van der Waals surface area contributed by atoms with Crippen LogP contribution in [0, 0.1) is 5.92 Å². The van der Waals surface area contributed by atoms with Gasteiger partial charge in [-0.3, -0.25) is 4.79 Å². The average molecular weight is 425 g/mol. The fourth-order valence-electron chi connectivity index (χ4n) is 4.47. The van der Waals surface area contributed by atoms with Crippen molar-refractivity contribution in [2.75, 3.05) is 10.6 Å². The molecule has 3 rings (SSSR count). The maximum Gasteiger partial charge on any atom is 0.303 e. The Balaban J connectivity index is 1.87. The normalized spacial score (nSPS) is 16.5. The molecule has 0 spiro atoms. The molecule has 6 heteroatoms. The second kappa shape index (κ2) is 11.1. The third kappa shape index (κ3) is 6.42. The molecule has 0 bridgehead atoms. The smallest absolute Gasteiger partial charge is 0.303 e. The van der Waals surface area contributed by atoms with Crippen LogP contribution in [0.3, 0.4) is 0 Å². The number of aliphatic carboxylic acids is 1. The van der Waals surface area contributed by atoms with Crippen LogP contribution in [0.2, 0.25) is 0 Å². The van der Waals surface area contributed by atoms with Gasteiger partial charge < -0.3 is 15.7 Å². The lowest BCUT2D eigenvalue weighted by Crippen LogP contribution is -2.28. The lowest BCUT2D eigenvalue weighted by Gasteiger charge is -2.30. The summed E-state index contributed by atoms with van der Waals surface area (Å²) in [6.45, 7) is 6.38. The highest BCUT2D eigenvalue weighted by atomic mass is 16.4. The Bertz CT molecular complexity index is 847. The molecule has 6 nitrogen and oxygen atoms in total. The molecule has 1 fully saturated rings. The molecule has 1 saturated carbocycles. The zero-order chi connectivity index (χ0) is 22.2. The van der Waals surface area contributed by atoms with Crippen LogP contribution in [0.15, 0.2) is 30.6 Å². The minimum atomic E-state index is -0.770. The van der Waals surface area contributed by atoms with Gasteiger partial charge in [-0.1, -0.05) is 39.2 Å². The first-order valence-corrected chi connectivity index (χ1v) is 11.7. The SMILES string of the molecule is CCc1cnc(Nc2cc(C(CC)CC(=O)O)ccc2N[C@H](C)C2CCCCC2)nc1. The molecule has 3 N–H and O–H groups in total. The topological polar surface area (TPSA) is 87.1 Å². The summed E-state index contributed by atoms with van der Waals surface area (Å²) in [6.07, 6.45) is 12.0. The molecule has 2 aromatic rings. The average Bonchev–Trinajstić information content (AvgIpc) is 2.79. The van der Waals surface area contributed by atoms with Crippen LogP contribution in [0.5, 0.6) is 0 Å². The van der Waals surface area contributed by atoms with Crippen LogP contribution in [0.25, 0.3) is 0 Å². The van der Waals surface area contributed by atoms with Crippen molar-refractivity contribution in [1.82, 2.24) is 9.97 Å². The summed E-state index contributed by atoms with van der Waals surface area (Å²) in [5.74, 6) is 0.435.